The molecule has 0 spiro atoms. The molecule has 2 heterocycles. The zero-order valence-electron chi connectivity index (χ0n) is 11.0. The van der Waals surface area contributed by atoms with Crippen molar-refractivity contribution in [2.75, 3.05) is 23.8 Å². The average Bonchev–Trinajstić information content (AvgIpc) is 2.37. The molecule has 1 aliphatic rings. The first-order chi connectivity index (χ1) is 8.91. The Morgan fingerprint density at radius 3 is 2.63 bits per heavy atom. The molecule has 1 aromatic rings. The molecule has 0 aromatic carbocycles. The minimum absolute atomic E-state index is 0.00241. The van der Waals surface area contributed by atoms with Crippen molar-refractivity contribution < 1.29 is 13.2 Å². The van der Waals surface area contributed by atoms with E-state index in [4.69, 9.17) is 0 Å². The van der Waals surface area contributed by atoms with Gasteiger partial charge in [0.2, 0.25) is 5.95 Å². The Morgan fingerprint density at radius 1 is 1.32 bits per heavy atom. The number of aromatic nitrogens is 2. The summed E-state index contributed by atoms with van der Waals surface area (Å²) in [4.78, 5) is 9.53. The molecule has 1 aliphatic heterocycles. The van der Waals surface area contributed by atoms with Gasteiger partial charge < -0.3 is 10.2 Å². The number of anilines is 2. The number of hydrogen-bond acceptors (Lipinski definition) is 4. The SMILES string of the molecule is CNc1nc(N2CCCCC2C)cc(C(F)(F)F)n1. The van der Waals surface area contributed by atoms with E-state index in [1.54, 1.807) is 0 Å². The van der Waals surface area contributed by atoms with Crippen LogP contribution < -0.4 is 10.2 Å². The Morgan fingerprint density at radius 2 is 2.05 bits per heavy atom. The van der Waals surface area contributed by atoms with E-state index >= 15 is 0 Å². The van der Waals surface area contributed by atoms with E-state index in [9.17, 15) is 13.2 Å². The van der Waals surface area contributed by atoms with Gasteiger partial charge in [-0.2, -0.15) is 18.2 Å². The molecule has 0 amide bonds. The molecule has 1 aromatic heterocycles. The molecule has 106 valence electrons. The van der Waals surface area contributed by atoms with Crippen molar-refractivity contribution in [3.8, 4) is 0 Å². The lowest BCUT2D eigenvalue weighted by Gasteiger charge is -2.34. The van der Waals surface area contributed by atoms with Gasteiger partial charge in [0.05, 0.1) is 0 Å². The summed E-state index contributed by atoms with van der Waals surface area (Å²) in [5.74, 6) is 0.349. The van der Waals surface area contributed by atoms with Crippen LogP contribution in [0.1, 0.15) is 31.9 Å². The van der Waals surface area contributed by atoms with Crippen LogP contribution in [0.3, 0.4) is 0 Å². The highest BCUT2D eigenvalue weighted by atomic mass is 19.4. The maximum absolute atomic E-state index is 12.8. The Hall–Kier alpha value is -1.53. The van der Waals surface area contributed by atoms with Crippen LogP contribution >= 0.6 is 0 Å². The maximum atomic E-state index is 12.8. The summed E-state index contributed by atoms with van der Waals surface area (Å²) in [6, 6.07) is 1.23. The number of hydrogen-bond donors (Lipinski definition) is 1. The number of halogens is 3. The molecule has 1 unspecified atom stereocenters. The predicted molar refractivity (Wildman–Crippen MR) is 67.2 cm³/mol. The zero-order valence-corrected chi connectivity index (χ0v) is 11.0. The van der Waals surface area contributed by atoms with Gasteiger partial charge in [-0.1, -0.05) is 0 Å². The van der Waals surface area contributed by atoms with Crippen LogP contribution in [0.5, 0.6) is 0 Å². The molecule has 0 saturated carbocycles. The Kier molecular flexibility index (Phi) is 3.82. The summed E-state index contributed by atoms with van der Waals surface area (Å²) < 4.78 is 38.4. The van der Waals surface area contributed by atoms with Gasteiger partial charge in [0, 0.05) is 25.7 Å². The van der Waals surface area contributed by atoms with E-state index in [1.165, 1.54) is 7.05 Å². The van der Waals surface area contributed by atoms with E-state index in [0.29, 0.717) is 5.82 Å². The van der Waals surface area contributed by atoms with Crippen LogP contribution in [0.4, 0.5) is 24.9 Å². The second-order valence-corrected chi connectivity index (χ2v) is 4.72. The highest BCUT2D eigenvalue weighted by Gasteiger charge is 2.34. The predicted octanol–water partition coefficient (Wildman–Crippen LogP) is 2.92. The normalized spacial score (nSPS) is 20.5. The molecule has 0 bridgehead atoms. The zero-order chi connectivity index (χ0) is 14.0. The van der Waals surface area contributed by atoms with Crippen molar-refractivity contribution >= 4 is 11.8 Å². The molecule has 4 nitrogen and oxygen atoms in total. The lowest BCUT2D eigenvalue weighted by molar-refractivity contribution is -0.141. The molecule has 19 heavy (non-hydrogen) atoms. The van der Waals surface area contributed by atoms with Crippen molar-refractivity contribution in [3.05, 3.63) is 11.8 Å². The van der Waals surface area contributed by atoms with Gasteiger partial charge in [0.1, 0.15) is 5.82 Å². The lowest BCUT2D eigenvalue weighted by atomic mass is 10.0. The first-order valence-corrected chi connectivity index (χ1v) is 6.32. The highest BCUT2D eigenvalue weighted by molar-refractivity contribution is 5.46. The molecule has 1 fully saturated rings. The van der Waals surface area contributed by atoms with Crippen molar-refractivity contribution in [2.45, 2.75) is 38.4 Å². The Balaban J connectivity index is 2.39. The third-order valence-electron chi connectivity index (χ3n) is 3.32. The molecular weight excluding hydrogens is 257 g/mol. The summed E-state index contributed by atoms with van der Waals surface area (Å²) in [5.41, 5.74) is -0.903. The summed E-state index contributed by atoms with van der Waals surface area (Å²) >= 11 is 0. The highest BCUT2D eigenvalue weighted by Crippen LogP contribution is 2.32. The van der Waals surface area contributed by atoms with Crippen LogP contribution in [0.15, 0.2) is 6.07 Å². The lowest BCUT2D eigenvalue weighted by Crippen LogP contribution is -2.38. The van der Waals surface area contributed by atoms with E-state index in [2.05, 4.69) is 15.3 Å². The van der Waals surface area contributed by atoms with Crippen molar-refractivity contribution in [1.82, 2.24) is 9.97 Å². The van der Waals surface area contributed by atoms with Crippen LogP contribution in [0.2, 0.25) is 0 Å². The Bertz CT molecular complexity index is 447. The van der Waals surface area contributed by atoms with Crippen LogP contribution in [-0.4, -0.2) is 29.6 Å². The van der Waals surface area contributed by atoms with Crippen LogP contribution in [-0.2, 0) is 6.18 Å². The van der Waals surface area contributed by atoms with Gasteiger partial charge >= 0.3 is 6.18 Å². The minimum atomic E-state index is -4.46. The fourth-order valence-corrected chi connectivity index (χ4v) is 2.28. The first-order valence-electron chi connectivity index (χ1n) is 6.32. The second-order valence-electron chi connectivity index (χ2n) is 4.72. The van der Waals surface area contributed by atoms with Gasteiger partial charge in [-0.25, -0.2) is 4.98 Å². The van der Waals surface area contributed by atoms with Gasteiger partial charge in [-0.15, -0.1) is 0 Å². The summed E-state index contributed by atoms with van der Waals surface area (Å²) in [7, 11) is 1.51. The van der Waals surface area contributed by atoms with E-state index in [-0.39, 0.29) is 12.0 Å². The molecular formula is C12H17F3N4. The molecule has 1 N–H and O–H groups in total. The van der Waals surface area contributed by atoms with Gasteiger partial charge in [-0.3, -0.25) is 0 Å². The summed E-state index contributed by atoms with van der Waals surface area (Å²) in [6.07, 6.45) is -1.40. The molecule has 7 heteroatoms. The molecule has 1 atom stereocenters. The fraction of sp³-hybridized carbons (Fsp3) is 0.667. The van der Waals surface area contributed by atoms with Crippen LogP contribution in [0, 0.1) is 0 Å². The summed E-state index contributed by atoms with van der Waals surface area (Å²) in [5, 5.41) is 2.58. The topological polar surface area (TPSA) is 41.1 Å². The first kappa shape index (κ1) is 13.9. The fourth-order valence-electron chi connectivity index (χ4n) is 2.28. The molecule has 2 rings (SSSR count). The Labute approximate surface area is 110 Å². The molecule has 0 radical (unpaired) electrons. The third kappa shape index (κ3) is 3.08. The van der Waals surface area contributed by atoms with E-state index < -0.39 is 11.9 Å². The van der Waals surface area contributed by atoms with E-state index in [0.717, 1.165) is 31.9 Å². The van der Waals surface area contributed by atoms with Crippen molar-refractivity contribution in [1.29, 1.82) is 0 Å². The third-order valence-corrected chi connectivity index (χ3v) is 3.32. The van der Waals surface area contributed by atoms with Crippen LogP contribution in [0.25, 0.3) is 0 Å². The van der Waals surface area contributed by atoms with Gasteiger partial charge in [-0.05, 0) is 26.2 Å². The number of alkyl halides is 3. The maximum Gasteiger partial charge on any atom is 0.433 e. The summed E-state index contributed by atoms with van der Waals surface area (Å²) in [6.45, 7) is 2.74. The van der Waals surface area contributed by atoms with Gasteiger partial charge in [0.15, 0.2) is 5.69 Å². The molecule has 0 aliphatic carbocycles. The largest absolute Gasteiger partial charge is 0.433 e. The number of rotatable bonds is 2. The minimum Gasteiger partial charge on any atom is -0.357 e. The van der Waals surface area contributed by atoms with Crippen molar-refractivity contribution in [3.63, 3.8) is 0 Å². The quantitative estimate of drug-likeness (QED) is 0.900. The number of nitrogens with zero attached hydrogens (tertiary/aromatic N) is 3. The smallest absolute Gasteiger partial charge is 0.357 e. The number of piperidine rings is 1. The second kappa shape index (κ2) is 5.22. The standard InChI is InChI=1S/C12H17F3N4/c1-8-5-3-4-6-19(8)10-7-9(12(13,14)15)17-11(16-2)18-10/h7-8H,3-6H2,1-2H3,(H,16,17,18). The van der Waals surface area contributed by atoms with Gasteiger partial charge in [0.25, 0.3) is 0 Å². The number of nitrogens with one attached hydrogen (secondary N) is 1. The van der Waals surface area contributed by atoms with E-state index in [1.807, 2.05) is 11.8 Å². The average molecular weight is 274 g/mol. The molecule has 1 saturated heterocycles. The van der Waals surface area contributed by atoms with Crippen molar-refractivity contribution in [2.24, 2.45) is 0 Å². The monoisotopic (exact) mass is 274 g/mol.